The summed E-state index contributed by atoms with van der Waals surface area (Å²) in [5.74, 6) is 2.40. The number of fused-ring (bicyclic) bond motifs is 1. The molecule has 0 radical (unpaired) electrons. The Hall–Kier alpha value is -3.07. The third kappa shape index (κ3) is 4.34. The summed E-state index contributed by atoms with van der Waals surface area (Å²) in [5, 5.41) is 0. The Balaban J connectivity index is 1.60. The molecule has 4 rings (SSSR count). The van der Waals surface area contributed by atoms with Gasteiger partial charge in [-0.05, 0) is 54.7 Å². The number of hydrogen-bond acceptors (Lipinski definition) is 2. The maximum absolute atomic E-state index is 6.04. The summed E-state index contributed by atoms with van der Waals surface area (Å²) in [6, 6.07) is 25.4. The largest absolute Gasteiger partial charge is 0.486 e. The molecule has 3 heteroatoms. The number of aromatic nitrogens is 2. The van der Waals surface area contributed by atoms with E-state index in [2.05, 4.69) is 79.9 Å². The zero-order valence-corrected chi connectivity index (χ0v) is 17.4. The van der Waals surface area contributed by atoms with Crippen LogP contribution < -0.4 is 4.74 Å². The first-order valence-electron chi connectivity index (χ1n) is 10.4. The van der Waals surface area contributed by atoms with Crippen molar-refractivity contribution in [3.63, 3.8) is 0 Å². The molecule has 0 aliphatic rings. The lowest BCUT2D eigenvalue weighted by Crippen LogP contribution is -2.08. The number of imidazole rings is 1. The molecule has 0 saturated heterocycles. The highest BCUT2D eigenvalue weighted by molar-refractivity contribution is 5.76. The number of ether oxygens (including phenoxy) is 1. The van der Waals surface area contributed by atoms with Gasteiger partial charge in [0, 0.05) is 6.54 Å². The zero-order chi connectivity index (χ0) is 20.2. The average Bonchev–Trinajstić information content (AvgIpc) is 3.11. The molecular weight excluding hydrogens is 356 g/mol. The molecule has 1 atom stereocenters. The van der Waals surface area contributed by atoms with Crippen LogP contribution in [0.3, 0.4) is 0 Å². The molecule has 0 unspecified atom stereocenters. The molecule has 3 aromatic carbocycles. The van der Waals surface area contributed by atoms with E-state index in [0.717, 1.165) is 35.6 Å². The summed E-state index contributed by atoms with van der Waals surface area (Å²) >= 11 is 0. The van der Waals surface area contributed by atoms with Crippen LogP contribution >= 0.6 is 0 Å². The number of benzene rings is 3. The molecule has 0 spiro atoms. The first kappa shape index (κ1) is 19.3. The zero-order valence-electron chi connectivity index (χ0n) is 17.4. The van der Waals surface area contributed by atoms with E-state index in [0.29, 0.717) is 12.5 Å². The Morgan fingerprint density at radius 3 is 2.38 bits per heavy atom. The minimum atomic E-state index is 0.447. The highest BCUT2D eigenvalue weighted by Crippen LogP contribution is 2.22. The predicted molar refractivity (Wildman–Crippen MR) is 119 cm³/mol. The van der Waals surface area contributed by atoms with Crippen molar-refractivity contribution >= 4 is 11.0 Å². The summed E-state index contributed by atoms with van der Waals surface area (Å²) in [5.41, 5.74) is 6.05. The lowest BCUT2D eigenvalue weighted by Gasteiger charge is -2.13. The van der Waals surface area contributed by atoms with Gasteiger partial charge in [0.2, 0.25) is 0 Å². The van der Waals surface area contributed by atoms with E-state index in [-0.39, 0.29) is 0 Å². The van der Waals surface area contributed by atoms with Crippen molar-refractivity contribution in [1.29, 1.82) is 0 Å². The van der Waals surface area contributed by atoms with Crippen LogP contribution in [0.2, 0.25) is 0 Å². The molecule has 0 bridgehead atoms. The van der Waals surface area contributed by atoms with Gasteiger partial charge in [-0.3, -0.25) is 0 Å². The van der Waals surface area contributed by atoms with Crippen LogP contribution in [0.25, 0.3) is 11.0 Å². The van der Waals surface area contributed by atoms with Crippen molar-refractivity contribution in [2.45, 2.75) is 46.3 Å². The van der Waals surface area contributed by atoms with E-state index < -0.39 is 0 Å². The number of hydrogen-bond donors (Lipinski definition) is 0. The summed E-state index contributed by atoms with van der Waals surface area (Å²) in [6.45, 7) is 7.82. The van der Waals surface area contributed by atoms with Crippen LogP contribution in [-0.4, -0.2) is 9.55 Å². The van der Waals surface area contributed by atoms with Gasteiger partial charge in [-0.2, -0.15) is 0 Å². The third-order valence-corrected chi connectivity index (χ3v) is 5.62. The highest BCUT2D eigenvalue weighted by atomic mass is 16.5. The van der Waals surface area contributed by atoms with Crippen molar-refractivity contribution in [3.8, 4) is 5.75 Å². The van der Waals surface area contributed by atoms with E-state index in [9.17, 15) is 0 Å². The summed E-state index contributed by atoms with van der Waals surface area (Å²) in [7, 11) is 0. The van der Waals surface area contributed by atoms with Crippen LogP contribution in [0.5, 0.6) is 5.75 Å². The summed E-state index contributed by atoms with van der Waals surface area (Å²) < 4.78 is 8.30. The van der Waals surface area contributed by atoms with Crippen molar-refractivity contribution in [2.24, 2.45) is 0 Å². The van der Waals surface area contributed by atoms with Crippen LogP contribution in [0.1, 0.15) is 48.7 Å². The van der Waals surface area contributed by atoms with Crippen LogP contribution in [0, 0.1) is 6.92 Å². The average molecular weight is 385 g/mol. The Bertz CT molecular complexity index is 1080. The molecule has 0 aliphatic heterocycles. The van der Waals surface area contributed by atoms with Gasteiger partial charge in [-0.15, -0.1) is 0 Å². The second-order valence-electron chi connectivity index (χ2n) is 7.76. The molecule has 3 nitrogen and oxygen atoms in total. The van der Waals surface area contributed by atoms with Gasteiger partial charge in [0.15, 0.2) is 0 Å². The fourth-order valence-electron chi connectivity index (χ4n) is 3.56. The molecule has 29 heavy (non-hydrogen) atoms. The Morgan fingerprint density at radius 2 is 1.66 bits per heavy atom. The molecule has 4 aromatic rings. The lowest BCUT2D eigenvalue weighted by atomic mass is 9.98. The fraction of sp³-hybridized carbons (Fsp3) is 0.269. The number of para-hydroxylation sites is 2. The maximum atomic E-state index is 6.04. The van der Waals surface area contributed by atoms with Gasteiger partial charge in [0.05, 0.1) is 11.0 Å². The highest BCUT2D eigenvalue weighted by Gasteiger charge is 2.12. The van der Waals surface area contributed by atoms with Gasteiger partial charge in [0.1, 0.15) is 18.2 Å². The summed E-state index contributed by atoms with van der Waals surface area (Å²) in [4.78, 5) is 4.84. The molecule has 0 amide bonds. The lowest BCUT2D eigenvalue weighted by molar-refractivity contribution is 0.291. The SMILES string of the molecule is CC[C@@H](C)c1ccc(Cn2c(COc3ccc(C)cc3)nc3ccccc32)cc1. The predicted octanol–water partition coefficient (Wildman–Crippen LogP) is 6.49. The van der Waals surface area contributed by atoms with Gasteiger partial charge >= 0.3 is 0 Å². The first-order chi connectivity index (χ1) is 14.1. The normalized spacial score (nSPS) is 12.2. The van der Waals surface area contributed by atoms with E-state index in [1.165, 1.54) is 16.7 Å². The van der Waals surface area contributed by atoms with Gasteiger partial charge in [-0.1, -0.05) is 67.9 Å². The second-order valence-corrected chi connectivity index (χ2v) is 7.76. The topological polar surface area (TPSA) is 27.1 Å². The molecule has 0 fully saturated rings. The van der Waals surface area contributed by atoms with Crippen LogP contribution in [0.4, 0.5) is 0 Å². The maximum Gasteiger partial charge on any atom is 0.148 e. The minimum Gasteiger partial charge on any atom is -0.486 e. The van der Waals surface area contributed by atoms with Gasteiger partial charge < -0.3 is 9.30 Å². The molecule has 1 aromatic heterocycles. The Labute approximate surface area is 173 Å². The summed E-state index contributed by atoms with van der Waals surface area (Å²) in [6.07, 6.45) is 1.16. The van der Waals surface area contributed by atoms with Crippen LogP contribution in [-0.2, 0) is 13.2 Å². The fourth-order valence-corrected chi connectivity index (χ4v) is 3.56. The van der Waals surface area contributed by atoms with E-state index >= 15 is 0 Å². The molecule has 1 heterocycles. The Kier molecular flexibility index (Phi) is 5.66. The minimum absolute atomic E-state index is 0.447. The molecular formula is C26H28N2O. The van der Waals surface area contributed by atoms with Crippen LogP contribution in [0.15, 0.2) is 72.8 Å². The van der Waals surface area contributed by atoms with Crippen molar-refractivity contribution in [1.82, 2.24) is 9.55 Å². The number of rotatable bonds is 7. The van der Waals surface area contributed by atoms with Crippen molar-refractivity contribution < 1.29 is 4.74 Å². The van der Waals surface area contributed by atoms with E-state index in [4.69, 9.17) is 9.72 Å². The quantitative estimate of drug-likeness (QED) is 0.364. The molecule has 0 saturated carbocycles. The first-order valence-corrected chi connectivity index (χ1v) is 10.4. The monoisotopic (exact) mass is 384 g/mol. The molecule has 0 N–H and O–H groups in total. The van der Waals surface area contributed by atoms with E-state index in [1.807, 2.05) is 18.2 Å². The Morgan fingerprint density at radius 1 is 0.931 bits per heavy atom. The number of nitrogens with zero attached hydrogens (tertiary/aromatic N) is 2. The standard InChI is InChI=1S/C26H28N2O/c1-4-20(3)22-13-11-21(12-14-22)17-28-25-8-6-5-7-24(25)27-26(28)18-29-23-15-9-19(2)10-16-23/h5-16,20H,4,17-18H2,1-3H3/t20-/m1/s1. The van der Waals surface area contributed by atoms with Crippen molar-refractivity contribution in [3.05, 3.63) is 95.3 Å². The van der Waals surface area contributed by atoms with Crippen molar-refractivity contribution in [2.75, 3.05) is 0 Å². The van der Waals surface area contributed by atoms with Gasteiger partial charge in [0.25, 0.3) is 0 Å². The molecule has 148 valence electrons. The second kappa shape index (κ2) is 8.52. The van der Waals surface area contributed by atoms with Gasteiger partial charge in [-0.25, -0.2) is 4.98 Å². The molecule has 0 aliphatic carbocycles. The van der Waals surface area contributed by atoms with E-state index in [1.54, 1.807) is 0 Å². The number of aryl methyl sites for hydroxylation is 1. The smallest absolute Gasteiger partial charge is 0.148 e. The third-order valence-electron chi connectivity index (χ3n) is 5.62.